The lowest BCUT2D eigenvalue weighted by atomic mass is 10.00. The summed E-state index contributed by atoms with van der Waals surface area (Å²) in [6.45, 7) is 0. The van der Waals surface area contributed by atoms with E-state index < -0.39 is 0 Å². The van der Waals surface area contributed by atoms with Crippen LogP contribution in [0.2, 0.25) is 0 Å². The van der Waals surface area contributed by atoms with Gasteiger partial charge in [0.15, 0.2) is 5.82 Å². The zero-order chi connectivity index (χ0) is 30.9. The maximum Gasteiger partial charge on any atom is 0.160 e. The van der Waals surface area contributed by atoms with Gasteiger partial charge in [-0.3, -0.25) is 0 Å². The quantitative estimate of drug-likeness (QED) is 0.202. The molecule has 1 aliphatic rings. The van der Waals surface area contributed by atoms with E-state index in [0.29, 0.717) is 5.82 Å². The number of hydrogen-bond acceptors (Lipinski definition) is 2. The van der Waals surface area contributed by atoms with Crippen LogP contribution >= 0.6 is 0 Å². The molecular formula is C44H27N3. The zero-order valence-electron chi connectivity index (χ0n) is 25.4. The summed E-state index contributed by atoms with van der Waals surface area (Å²) in [5, 5.41) is 5.11. The van der Waals surface area contributed by atoms with E-state index in [1.165, 1.54) is 54.8 Å². The maximum absolute atomic E-state index is 5.14. The van der Waals surface area contributed by atoms with Crippen molar-refractivity contribution in [1.82, 2.24) is 14.5 Å². The Bertz CT molecular complexity index is 2610. The number of aromatic nitrogens is 3. The minimum atomic E-state index is 0.704. The molecule has 0 spiro atoms. The number of fused-ring (bicyclic) bond motifs is 7. The van der Waals surface area contributed by atoms with Gasteiger partial charge in [0.25, 0.3) is 0 Å². The Morgan fingerprint density at radius 1 is 0.426 bits per heavy atom. The molecule has 0 saturated heterocycles. The highest BCUT2D eigenvalue weighted by molar-refractivity contribution is 6.24. The van der Waals surface area contributed by atoms with Gasteiger partial charge in [-0.1, -0.05) is 140 Å². The lowest BCUT2D eigenvalue weighted by Crippen LogP contribution is -1.99. The highest BCUT2D eigenvalue weighted by Crippen LogP contribution is 2.52. The molecule has 2 aromatic heterocycles. The van der Waals surface area contributed by atoms with Gasteiger partial charge < -0.3 is 4.57 Å². The molecule has 0 aliphatic heterocycles. The van der Waals surface area contributed by atoms with Crippen molar-refractivity contribution in [2.45, 2.75) is 0 Å². The third kappa shape index (κ3) is 3.93. The molecule has 0 fully saturated rings. The topological polar surface area (TPSA) is 30.7 Å². The number of rotatable bonds is 4. The Hall–Kier alpha value is -6.32. The molecule has 1 aliphatic carbocycles. The van der Waals surface area contributed by atoms with Gasteiger partial charge in [0, 0.05) is 38.7 Å². The van der Waals surface area contributed by atoms with Crippen molar-refractivity contribution in [1.29, 1.82) is 0 Å². The van der Waals surface area contributed by atoms with Gasteiger partial charge in [-0.05, 0) is 51.7 Å². The zero-order valence-corrected chi connectivity index (χ0v) is 25.4. The van der Waals surface area contributed by atoms with Gasteiger partial charge in [0.2, 0.25) is 0 Å². The van der Waals surface area contributed by atoms with E-state index in [0.717, 1.165) is 33.8 Å². The predicted octanol–water partition coefficient (Wildman–Crippen LogP) is 11.4. The van der Waals surface area contributed by atoms with Crippen LogP contribution in [0, 0.1) is 0 Å². The van der Waals surface area contributed by atoms with Crippen LogP contribution in [0.15, 0.2) is 164 Å². The molecule has 10 rings (SSSR count). The third-order valence-corrected chi connectivity index (χ3v) is 9.53. The molecule has 218 valence electrons. The smallest absolute Gasteiger partial charge is 0.160 e. The van der Waals surface area contributed by atoms with Crippen LogP contribution in [-0.4, -0.2) is 14.5 Å². The van der Waals surface area contributed by atoms with E-state index in [2.05, 4.69) is 156 Å². The average molecular weight is 598 g/mol. The average Bonchev–Trinajstić information content (AvgIpc) is 3.66. The number of benzene rings is 7. The van der Waals surface area contributed by atoms with E-state index >= 15 is 0 Å². The first-order chi connectivity index (χ1) is 23.3. The second kappa shape index (κ2) is 10.1. The first-order valence-corrected chi connectivity index (χ1v) is 16.0. The molecule has 9 aromatic rings. The molecule has 0 N–H and O–H groups in total. The van der Waals surface area contributed by atoms with Crippen molar-refractivity contribution in [2.75, 3.05) is 0 Å². The summed E-state index contributed by atoms with van der Waals surface area (Å²) in [4.78, 5) is 10.3. The molecule has 0 saturated carbocycles. The molecule has 0 atom stereocenters. The van der Waals surface area contributed by atoms with Gasteiger partial charge in [-0.25, -0.2) is 9.97 Å². The first-order valence-electron chi connectivity index (χ1n) is 16.0. The standard InChI is InChI=1S/C44H27N3/c1-3-12-28(13-4-1)38-27-39(29-14-5-2-6-15-29)46-44(45-38)31-18-9-19-32(26-31)47-40-23-8-7-20-33(40)36-25-24-35-34-21-10-16-30-17-11-22-37(41(30)34)42(35)43(36)47/h1-27H. The Morgan fingerprint density at radius 2 is 1.06 bits per heavy atom. The summed E-state index contributed by atoms with van der Waals surface area (Å²) in [7, 11) is 0. The van der Waals surface area contributed by atoms with E-state index in [-0.39, 0.29) is 0 Å². The van der Waals surface area contributed by atoms with Crippen LogP contribution in [0.5, 0.6) is 0 Å². The molecule has 0 amide bonds. The maximum atomic E-state index is 5.14. The van der Waals surface area contributed by atoms with E-state index in [1.54, 1.807) is 0 Å². The monoisotopic (exact) mass is 597 g/mol. The van der Waals surface area contributed by atoms with E-state index in [1.807, 2.05) is 12.1 Å². The molecule has 2 heterocycles. The van der Waals surface area contributed by atoms with Crippen molar-refractivity contribution < 1.29 is 0 Å². The second-order valence-corrected chi connectivity index (χ2v) is 12.2. The summed E-state index contributed by atoms with van der Waals surface area (Å²) in [5.41, 5.74) is 13.6. The molecular weight excluding hydrogens is 571 g/mol. The van der Waals surface area contributed by atoms with Gasteiger partial charge in [0.1, 0.15) is 0 Å². The molecule has 0 radical (unpaired) electrons. The minimum Gasteiger partial charge on any atom is -0.309 e. The fourth-order valence-corrected chi connectivity index (χ4v) is 7.47. The van der Waals surface area contributed by atoms with Crippen LogP contribution in [0.4, 0.5) is 0 Å². The lowest BCUT2D eigenvalue weighted by molar-refractivity contribution is 1.16. The molecule has 3 nitrogen and oxygen atoms in total. The highest BCUT2D eigenvalue weighted by Gasteiger charge is 2.27. The van der Waals surface area contributed by atoms with Crippen molar-refractivity contribution in [3.05, 3.63) is 164 Å². The molecule has 0 bridgehead atoms. The van der Waals surface area contributed by atoms with Crippen LogP contribution < -0.4 is 0 Å². The SMILES string of the molecule is c1ccc(-c2cc(-c3ccccc3)nc(-c3cccc(-n4c5ccccc5c5ccc6c(c54)-c4cccc5cccc-6c45)c3)n2)cc1. The van der Waals surface area contributed by atoms with Crippen LogP contribution in [0.25, 0.3) is 94.4 Å². The second-order valence-electron chi connectivity index (χ2n) is 12.2. The summed E-state index contributed by atoms with van der Waals surface area (Å²) < 4.78 is 2.44. The third-order valence-electron chi connectivity index (χ3n) is 9.53. The van der Waals surface area contributed by atoms with Crippen LogP contribution in [0.1, 0.15) is 0 Å². The van der Waals surface area contributed by atoms with Gasteiger partial charge in [-0.15, -0.1) is 0 Å². The van der Waals surface area contributed by atoms with Crippen molar-refractivity contribution in [2.24, 2.45) is 0 Å². The largest absolute Gasteiger partial charge is 0.309 e. The van der Waals surface area contributed by atoms with Crippen LogP contribution in [-0.2, 0) is 0 Å². The van der Waals surface area contributed by atoms with Gasteiger partial charge >= 0.3 is 0 Å². The Labute approximate surface area is 272 Å². The summed E-state index contributed by atoms with van der Waals surface area (Å²) in [6.07, 6.45) is 0. The number of nitrogens with zero attached hydrogens (tertiary/aromatic N) is 3. The molecule has 7 aromatic carbocycles. The Morgan fingerprint density at radius 3 is 1.81 bits per heavy atom. The fourth-order valence-electron chi connectivity index (χ4n) is 7.47. The van der Waals surface area contributed by atoms with Crippen molar-refractivity contribution in [3.63, 3.8) is 0 Å². The molecule has 0 unspecified atom stereocenters. The Balaban J connectivity index is 1.23. The van der Waals surface area contributed by atoms with Crippen LogP contribution in [0.3, 0.4) is 0 Å². The minimum absolute atomic E-state index is 0.704. The lowest BCUT2D eigenvalue weighted by Gasteiger charge is -2.14. The number of para-hydroxylation sites is 1. The van der Waals surface area contributed by atoms with E-state index in [4.69, 9.17) is 9.97 Å². The highest BCUT2D eigenvalue weighted by atomic mass is 15.0. The van der Waals surface area contributed by atoms with E-state index in [9.17, 15) is 0 Å². The first kappa shape index (κ1) is 26.0. The predicted molar refractivity (Wildman–Crippen MR) is 195 cm³/mol. The van der Waals surface area contributed by atoms with Crippen molar-refractivity contribution in [3.8, 4) is 61.8 Å². The Kier molecular flexibility index (Phi) is 5.57. The molecule has 47 heavy (non-hydrogen) atoms. The molecule has 3 heteroatoms. The fraction of sp³-hybridized carbons (Fsp3) is 0. The van der Waals surface area contributed by atoms with Crippen molar-refractivity contribution >= 4 is 32.6 Å². The van der Waals surface area contributed by atoms with Gasteiger partial charge in [-0.2, -0.15) is 0 Å². The summed E-state index contributed by atoms with van der Waals surface area (Å²) in [5.74, 6) is 0.704. The number of hydrogen-bond donors (Lipinski definition) is 0. The normalized spacial score (nSPS) is 11.8. The summed E-state index contributed by atoms with van der Waals surface area (Å²) >= 11 is 0. The summed E-state index contributed by atoms with van der Waals surface area (Å²) in [6, 6.07) is 58.2. The van der Waals surface area contributed by atoms with Gasteiger partial charge in [0.05, 0.1) is 22.4 Å².